The summed E-state index contributed by atoms with van der Waals surface area (Å²) in [5, 5.41) is 3.48. The van der Waals surface area contributed by atoms with Gasteiger partial charge >= 0.3 is 0 Å². The lowest BCUT2D eigenvalue weighted by Crippen LogP contribution is -2.14. The lowest BCUT2D eigenvalue weighted by atomic mass is 10.1. The van der Waals surface area contributed by atoms with Crippen molar-refractivity contribution < 1.29 is 4.74 Å². The predicted octanol–water partition coefficient (Wildman–Crippen LogP) is 3.97. The Balaban J connectivity index is 2.03. The Morgan fingerprint density at radius 1 is 1.38 bits per heavy atom. The number of aryl methyl sites for hydroxylation is 1. The van der Waals surface area contributed by atoms with Crippen LogP contribution in [0.15, 0.2) is 21.1 Å². The van der Waals surface area contributed by atoms with Crippen molar-refractivity contribution in [2.24, 2.45) is 5.92 Å². The second kappa shape index (κ2) is 5.52. The second-order valence-corrected chi connectivity index (χ2v) is 5.92. The van der Waals surface area contributed by atoms with Crippen molar-refractivity contribution in [2.45, 2.75) is 13.3 Å². The summed E-state index contributed by atoms with van der Waals surface area (Å²) in [5.41, 5.74) is 2.38. The molecule has 1 fully saturated rings. The van der Waals surface area contributed by atoms with E-state index < -0.39 is 0 Å². The minimum Gasteiger partial charge on any atom is -0.383 e. The predicted molar refractivity (Wildman–Crippen MR) is 74.0 cm³/mol. The van der Waals surface area contributed by atoms with Gasteiger partial charge in [0.25, 0.3) is 0 Å². The van der Waals surface area contributed by atoms with Crippen molar-refractivity contribution in [2.75, 3.05) is 25.1 Å². The van der Waals surface area contributed by atoms with Gasteiger partial charge in [0.05, 0.1) is 12.3 Å². The number of rotatable bonds is 3. The molecule has 2 nitrogen and oxygen atoms in total. The van der Waals surface area contributed by atoms with Gasteiger partial charge in [0.1, 0.15) is 0 Å². The van der Waals surface area contributed by atoms with Crippen LogP contribution in [0.3, 0.4) is 0 Å². The van der Waals surface area contributed by atoms with Crippen molar-refractivity contribution in [3.63, 3.8) is 0 Å². The Kier molecular flexibility index (Phi) is 4.27. The van der Waals surface area contributed by atoms with Crippen LogP contribution in [0.25, 0.3) is 0 Å². The first-order chi connectivity index (χ1) is 7.66. The highest BCUT2D eigenvalue weighted by atomic mass is 79.9. The minimum atomic E-state index is 0.639. The van der Waals surface area contributed by atoms with Gasteiger partial charge in [-0.05, 0) is 62.9 Å². The SMILES string of the molecule is Cc1cc(Br)c(NCC2CCOC2)c(Br)c1. The van der Waals surface area contributed by atoms with Crippen LogP contribution in [0, 0.1) is 12.8 Å². The van der Waals surface area contributed by atoms with Crippen LogP contribution >= 0.6 is 31.9 Å². The Labute approximate surface area is 113 Å². The molecule has 4 heteroatoms. The molecule has 0 radical (unpaired) electrons. The van der Waals surface area contributed by atoms with E-state index in [1.165, 1.54) is 5.56 Å². The third-order valence-corrected chi connectivity index (χ3v) is 4.03. The van der Waals surface area contributed by atoms with Crippen LogP contribution in [0.5, 0.6) is 0 Å². The van der Waals surface area contributed by atoms with E-state index in [0.29, 0.717) is 5.92 Å². The molecule has 0 spiro atoms. The topological polar surface area (TPSA) is 21.3 Å². The monoisotopic (exact) mass is 347 g/mol. The van der Waals surface area contributed by atoms with Crippen molar-refractivity contribution in [1.29, 1.82) is 0 Å². The van der Waals surface area contributed by atoms with Crippen LogP contribution in [0.2, 0.25) is 0 Å². The number of benzene rings is 1. The van der Waals surface area contributed by atoms with Gasteiger partial charge in [0.15, 0.2) is 0 Å². The Morgan fingerprint density at radius 2 is 2.06 bits per heavy atom. The molecule has 1 atom stereocenters. The van der Waals surface area contributed by atoms with Gasteiger partial charge in [0, 0.05) is 28.0 Å². The fraction of sp³-hybridized carbons (Fsp3) is 0.500. The number of anilines is 1. The van der Waals surface area contributed by atoms with E-state index in [4.69, 9.17) is 4.74 Å². The molecule has 1 aliphatic heterocycles. The summed E-state index contributed by atoms with van der Waals surface area (Å²) in [5.74, 6) is 0.639. The Morgan fingerprint density at radius 3 is 2.62 bits per heavy atom. The average Bonchev–Trinajstić information content (AvgIpc) is 2.68. The molecule has 2 rings (SSSR count). The standard InChI is InChI=1S/C12H15Br2NO/c1-8-4-10(13)12(11(14)5-8)15-6-9-2-3-16-7-9/h4-5,9,15H,2-3,6-7H2,1H3. The average molecular weight is 349 g/mol. The number of halogens is 2. The summed E-state index contributed by atoms with van der Waals surface area (Å²) in [6, 6.07) is 4.25. The molecule has 88 valence electrons. The van der Waals surface area contributed by atoms with Crippen LogP contribution in [-0.2, 0) is 4.74 Å². The first-order valence-corrected chi connectivity index (χ1v) is 7.02. The minimum absolute atomic E-state index is 0.639. The molecule has 1 aromatic carbocycles. The number of nitrogens with one attached hydrogen (secondary N) is 1. The largest absolute Gasteiger partial charge is 0.383 e. The van der Waals surface area contributed by atoms with E-state index in [2.05, 4.69) is 56.2 Å². The summed E-state index contributed by atoms with van der Waals surface area (Å²) in [4.78, 5) is 0. The van der Waals surface area contributed by atoms with E-state index in [-0.39, 0.29) is 0 Å². The third kappa shape index (κ3) is 2.99. The molecule has 1 heterocycles. The van der Waals surface area contributed by atoms with Gasteiger partial charge in [-0.3, -0.25) is 0 Å². The summed E-state index contributed by atoms with van der Waals surface area (Å²) < 4.78 is 7.58. The molecule has 0 amide bonds. The van der Waals surface area contributed by atoms with Crippen LogP contribution < -0.4 is 5.32 Å². The maximum atomic E-state index is 5.36. The molecular weight excluding hydrogens is 334 g/mol. The van der Waals surface area contributed by atoms with Gasteiger partial charge in [-0.1, -0.05) is 0 Å². The van der Waals surface area contributed by atoms with E-state index in [1.807, 2.05) is 0 Å². The molecule has 0 bridgehead atoms. The lowest BCUT2D eigenvalue weighted by molar-refractivity contribution is 0.187. The summed E-state index contributed by atoms with van der Waals surface area (Å²) in [7, 11) is 0. The highest BCUT2D eigenvalue weighted by Gasteiger charge is 2.16. The van der Waals surface area contributed by atoms with Gasteiger partial charge in [-0.15, -0.1) is 0 Å². The highest BCUT2D eigenvalue weighted by molar-refractivity contribution is 9.11. The molecule has 1 aliphatic rings. The zero-order chi connectivity index (χ0) is 11.5. The maximum absolute atomic E-state index is 5.36. The van der Waals surface area contributed by atoms with Gasteiger partial charge in [0.2, 0.25) is 0 Å². The first-order valence-electron chi connectivity index (χ1n) is 5.44. The van der Waals surface area contributed by atoms with Gasteiger partial charge in [-0.25, -0.2) is 0 Å². The Hall–Kier alpha value is -0.0600. The zero-order valence-corrected chi connectivity index (χ0v) is 12.4. The molecule has 0 aromatic heterocycles. The molecule has 1 aromatic rings. The quantitative estimate of drug-likeness (QED) is 0.892. The number of hydrogen-bond donors (Lipinski definition) is 1. The summed E-state index contributed by atoms with van der Waals surface area (Å²) >= 11 is 7.17. The number of hydrogen-bond acceptors (Lipinski definition) is 2. The normalized spacial score (nSPS) is 20.1. The fourth-order valence-electron chi connectivity index (χ4n) is 1.86. The maximum Gasteiger partial charge on any atom is 0.0629 e. The fourth-order valence-corrected chi connectivity index (χ4v) is 3.56. The van der Waals surface area contributed by atoms with E-state index in [0.717, 1.165) is 40.8 Å². The van der Waals surface area contributed by atoms with Gasteiger partial charge in [-0.2, -0.15) is 0 Å². The van der Waals surface area contributed by atoms with E-state index >= 15 is 0 Å². The molecule has 0 aliphatic carbocycles. The van der Waals surface area contributed by atoms with Crippen LogP contribution in [0.4, 0.5) is 5.69 Å². The van der Waals surface area contributed by atoms with Crippen molar-refractivity contribution >= 4 is 37.5 Å². The molecular formula is C12H15Br2NO. The van der Waals surface area contributed by atoms with Gasteiger partial charge < -0.3 is 10.1 Å². The second-order valence-electron chi connectivity index (χ2n) is 4.21. The van der Waals surface area contributed by atoms with Crippen molar-refractivity contribution in [1.82, 2.24) is 0 Å². The van der Waals surface area contributed by atoms with Crippen molar-refractivity contribution in [3.05, 3.63) is 26.6 Å². The smallest absolute Gasteiger partial charge is 0.0629 e. The third-order valence-electron chi connectivity index (χ3n) is 2.78. The molecule has 0 saturated carbocycles. The van der Waals surface area contributed by atoms with E-state index in [1.54, 1.807) is 0 Å². The molecule has 1 saturated heterocycles. The van der Waals surface area contributed by atoms with Crippen molar-refractivity contribution in [3.8, 4) is 0 Å². The van der Waals surface area contributed by atoms with Crippen LogP contribution in [0.1, 0.15) is 12.0 Å². The number of ether oxygens (including phenoxy) is 1. The lowest BCUT2D eigenvalue weighted by Gasteiger charge is -2.14. The first kappa shape index (κ1) is 12.4. The molecule has 16 heavy (non-hydrogen) atoms. The summed E-state index contributed by atoms with van der Waals surface area (Å²) in [6.07, 6.45) is 1.16. The summed E-state index contributed by atoms with van der Waals surface area (Å²) in [6.45, 7) is 4.85. The molecule has 1 N–H and O–H groups in total. The Bertz CT molecular complexity index is 352. The highest BCUT2D eigenvalue weighted by Crippen LogP contribution is 2.32. The van der Waals surface area contributed by atoms with Crippen LogP contribution in [-0.4, -0.2) is 19.8 Å². The van der Waals surface area contributed by atoms with E-state index in [9.17, 15) is 0 Å². The molecule has 1 unspecified atom stereocenters. The zero-order valence-electron chi connectivity index (χ0n) is 9.22.